The van der Waals surface area contributed by atoms with Crippen LogP contribution >= 0.6 is 11.3 Å². The molecule has 12 heavy (non-hydrogen) atoms. The number of aromatic nitrogens is 1. The Morgan fingerprint density at radius 3 is 2.75 bits per heavy atom. The summed E-state index contributed by atoms with van der Waals surface area (Å²) in [6.45, 7) is 0. The van der Waals surface area contributed by atoms with Crippen molar-refractivity contribution in [3.63, 3.8) is 0 Å². The van der Waals surface area contributed by atoms with E-state index >= 15 is 0 Å². The molecule has 1 saturated carbocycles. The van der Waals surface area contributed by atoms with Crippen molar-refractivity contribution in [3.05, 3.63) is 11.2 Å². The van der Waals surface area contributed by atoms with Gasteiger partial charge in [0.25, 0.3) is 0 Å². The summed E-state index contributed by atoms with van der Waals surface area (Å²) < 4.78 is 33.4. The van der Waals surface area contributed by atoms with Crippen molar-refractivity contribution < 1.29 is 12.3 Å². The summed E-state index contributed by atoms with van der Waals surface area (Å²) in [6, 6.07) is 0. The number of halogens is 1. The molecule has 2 rings (SSSR count). The second-order valence-corrected chi connectivity index (χ2v) is 5.13. The molecule has 0 amide bonds. The highest BCUT2D eigenvalue weighted by molar-refractivity contribution is 7.88. The van der Waals surface area contributed by atoms with E-state index in [0.29, 0.717) is 5.69 Å². The second kappa shape index (κ2) is 2.50. The Morgan fingerprint density at radius 1 is 1.58 bits per heavy atom. The average molecular weight is 207 g/mol. The quantitative estimate of drug-likeness (QED) is 0.693. The highest BCUT2D eigenvalue weighted by atomic mass is 32.3. The second-order valence-electron chi connectivity index (χ2n) is 2.74. The first-order chi connectivity index (χ1) is 5.59. The molecular weight excluding hydrogens is 201 g/mol. The third kappa shape index (κ3) is 1.36. The number of rotatable bonds is 2. The maximum atomic E-state index is 12.5. The van der Waals surface area contributed by atoms with E-state index in [1.807, 2.05) is 0 Å². The summed E-state index contributed by atoms with van der Waals surface area (Å²) in [5.41, 5.74) is 1.79. The highest BCUT2D eigenvalue weighted by Crippen LogP contribution is 2.43. The molecule has 1 aromatic rings. The van der Waals surface area contributed by atoms with Gasteiger partial charge in [-0.15, -0.1) is 11.3 Å². The molecule has 3 nitrogen and oxygen atoms in total. The van der Waals surface area contributed by atoms with Crippen molar-refractivity contribution in [1.29, 1.82) is 0 Å². The van der Waals surface area contributed by atoms with Crippen molar-refractivity contribution in [2.75, 3.05) is 0 Å². The first-order valence-corrected chi connectivity index (χ1v) is 5.73. The number of hydrogen-bond acceptors (Lipinski definition) is 4. The highest BCUT2D eigenvalue weighted by Gasteiger charge is 2.32. The molecule has 0 aliphatic heterocycles. The molecule has 6 heteroatoms. The fraction of sp³-hybridized carbons (Fsp3) is 0.500. The Hall–Kier alpha value is -0.490. The van der Waals surface area contributed by atoms with Crippen LogP contribution in [0.1, 0.15) is 24.5 Å². The molecule has 0 N–H and O–H groups in total. The first kappa shape index (κ1) is 8.12. The van der Waals surface area contributed by atoms with Gasteiger partial charge in [0, 0.05) is 5.92 Å². The van der Waals surface area contributed by atoms with Gasteiger partial charge in [0.1, 0.15) is 0 Å². The Labute approximate surface area is 73.5 Å². The van der Waals surface area contributed by atoms with Gasteiger partial charge >= 0.3 is 10.2 Å². The van der Waals surface area contributed by atoms with Crippen LogP contribution in [0, 0.1) is 0 Å². The maximum absolute atomic E-state index is 12.5. The monoisotopic (exact) mass is 207 g/mol. The van der Waals surface area contributed by atoms with Gasteiger partial charge in [0.05, 0.1) is 11.2 Å². The van der Waals surface area contributed by atoms with E-state index in [0.717, 1.165) is 24.2 Å². The van der Waals surface area contributed by atoms with Gasteiger partial charge in [0.2, 0.25) is 0 Å². The van der Waals surface area contributed by atoms with Gasteiger partial charge in [-0.3, -0.25) is 0 Å². The molecule has 0 spiro atoms. The molecule has 1 aromatic heterocycles. The van der Waals surface area contributed by atoms with Crippen LogP contribution < -0.4 is 0 Å². The van der Waals surface area contributed by atoms with Crippen LogP contribution in [0.3, 0.4) is 0 Å². The minimum atomic E-state index is -4.54. The summed E-state index contributed by atoms with van der Waals surface area (Å²) in [6.07, 6.45) is 1.85. The zero-order chi connectivity index (χ0) is 8.77. The van der Waals surface area contributed by atoms with Crippen molar-refractivity contribution in [3.8, 4) is 0 Å². The normalized spacial score (nSPS) is 18.1. The van der Waals surface area contributed by atoms with Gasteiger partial charge in [-0.1, -0.05) is 3.89 Å². The lowest BCUT2D eigenvalue weighted by Gasteiger charge is -1.92. The molecule has 0 radical (unpaired) electrons. The predicted octanol–water partition coefficient (Wildman–Crippen LogP) is 1.68. The summed E-state index contributed by atoms with van der Waals surface area (Å²) in [5.74, 6) is 0.178. The lowest BCUT2D eigenvalue weighted by Crippen LogP contribution is -1.93. The van der Waals surface area contributed by atoms with Crippen LogP contribution in [0.2, 0.25) is 0 Å². The molecule has 1 aliphatic rings. The summed E-state index contributed by atoms with van der Waals surface area (Å²) in [5, 5.41) is 0. The van der Waals surface area contributed by atoms with E-state index in [-0.39, 0.29) is 10.1 Å². The van der Waals surface area contributed by atoms with Gasteiger partial charge in [0.15, 0.2) is 4.21 Å². The largest absolute Gasteiger partial charge is 0.343 e. The fourth-order valence-electron chi connectivity index (χ4n) is 1.06. The zero-order valence-electron chi connectivity index (χ0n) is 6.03. The van der Waals surface area contributed by atoms with Crippen molar-refractivity contribution in [1.82, 2.24) is 4.98 Å². The van der Waals surface area contributed by atoms with E-state index in [1.54, 1.807) is 0 Å². The zero-order valence-corrected chi connectivity index (χ0v) is 7.66. The predicted molar refractivity (Wildman–Crippen MR) is 42.4 cm³/mol. The van der Waals surface area contributed by atoms with E-state index in [9.17, 15) is 12.3 Å². The molecular formula is C6H6FNO2S2. The fourth-order valence-corrected chi connectivity index (χ4v) is 2.72. The molecule has 1 aliphatic carbocycles. The molecule has 0 aromatic carbocycles. The van der Waals surface area contributed by atoms with E-state index in [2.05, 4.69) is 4.98 Å². The van der Waals surface area contributed by atoms with Crippen LogP contribution in [0.15, 0.2) is 9.72 Å². The molecule has 0 unspecified atom stereocenters. The van der Waals surface area contributed by atoms with Crippen molar-refractivity contribution in [2.24, 2.45) is 0 Å². The molecule has 66 valence electrons. The summed E-state index contributed by atoms with van der Waals surface area (Å²) >= 11 is 0.851. The Kier molecular flexibility index (Phi) is 1.69. The molecule has 1 fully saturated rings. The first-order valence-electron chi connectivity index (χ1n) is 3.47. The lowest BCUT2D eigenvalue weighted by molar-refractivity contribution is 0.553. The maximum Gasteiger partial charge on any atom is 0.343 e. The van der Waals surface area contributed by atoms with Crippen molar-refractivity contribution >= 4 is 21.6 Å². The third-order valence-corrected chi connectivity index (χ3v) is 3.92. The smallest absolute Gasteiger partial charge is 0.248 e. The average Bonchev–Trinajstić information content (AvgIpc) is 2.65. The van der Waals surface area contributed by atoms with Gasteiger partial charge in [-0.05, 0) is 12.8 Å². The number of hydrogen-bond donors (Lipinski definition) is 0. The SMILES string of the molecule is O=S(=O)(F)c1scnc1C1CC1. The van der Waals surface area contributed by atoms with E-state index < -0.39 is 10.2 Å². The molecule has 1 heterocycles. The van der Waals surface area contributed by atoms with Crippen molar-refractivity contribution in [2.45, 2.75) is 23.0 Å². The van der Waals surface area contributed by atoms with Crippen LogP contribution in [-0.4, -0.2) is 13.4 Å². The third-order valence-electron chi connectivity index (χ3n) is 1.75. The van der Waals surface area contributed by atoms with Crippen LogP contribution in [0.4, 0.5) is 3.89 Å². The minimum Gasteiger partial charge on any atom is -0.248 e. The van der Waals surface area contributed by atoms with Gasteiger partial charge in [-0.2, -0.15) is 8.42 Å². The number of thiazole rings is 1. The van der Waals surface area contributed by atoms with E-state index in [1.165, 1.54) is 5.51 Å². The minimum absolute atomic E-state index is 0.178. The van der Waals surface area contributed by atoms with Gasteiger partial charge in [-0.25, -0.2) is 4.98 Å². The molecule has 0 saturated heterocycles. The van der Waals surface area contributed by atoms with Crippen LogP contribution in [0.25, 0.3) is 0 Å². The summed E-state index contributed by atoms with van der Waals surface area (Å²) in [4.78, 5) is 3.84. The topological polar surface area (TPSA) is 47.0 Å². The molecule has 0 bridgehead atoms. The summed E-state index contributed by atoms with van der Waals surface area (Å²) in [7, 11) is -4.54. The standard InChI is InChI=1S/C6H6FNO2S2/c7-12(9,10)6-5(4-1-2-4)8-3-11-6/h3-4H,1-2H2. The van der Waals surface area contributed by atoms with E-state index in [4.69, 9.17) is 0 Å². The Bertz CT molecular complexity index is 393. The molecule has 0 atom stereocenters. The van der Waals surface area contributed by atoms with Crippen LogP contribution in [-0.2, 0) is 10.2 Å². The lowest BCUT2D eigenvalue weighted by atomic mass is 10.3. The van der Waals surface area contributed by atoms with Gasteiger partial charge < -0.3 is 0 Å². The van der Waals surface area contributed by atoms with Crippen LogP contribution in [0.5, 0.6) is 0 Å². The number of nitrogens with zero attached hydrogens (tertiary/aromatic N) is 1. The Morgan fingerprint density at radius 2 is 2.25 bits per heavy atom. The Balaban J connectivity index is 2.49.